The van der Waals surface area contributed by atoms with E-state index >= 15 is 0 Å². The number of amides is 1. The van der Waals surface area contributed by atoms with Gasteiger partial charge in [0.15, 0.2) is 5.13 Å². The number of hydrogen-bond donors (Lipinski definition) is 3. The van der Waals surface area contributed by atoms with Crippen molar-refractivity contribution < 1.29 is 9.21 Å². The first-order valence-corrected chi connectivity index (χ1v) is 7.16. The lowest BCUT2D eigenvalue weighted by molar-refractivity contribution is 0.0940. The van der Waals surface area contributed by atoms with E-state index in [1.807, 2.05) is 26.8 Å². The summed E-state index contributed by atoms with van der Waals surface area (Å²) in [5.41, 5.74) is 5.79. The average molecular weight is 294 g/mol. The summed E-state index contributed by atoms with van der Waals surface area (Å²) in [4.78, 5) is 16.7. The van der Waals surface area contributed by atoms with Crippen LogP contribution in [0.5, 0.6) is 0 Å². The van der Waals surface area contributed by atoms with Crippen molar-refractivity contribution in [3.05, 3.63) is 29.0 Å². The van der Waals surface area contributed by atoms with Crippen LogP contribution in [0.3, 0.4) is 0 Å². The van der Waals surface area contributed by atoms with Gasteiger partial charge in [0, 0.05) is 6.04 Å². The normalized spacial score (nSPS) is 12.4. The number of aromatic nitrogens is 1. The van der Waals surface area contributed by atoms with E-state index in [-0.39, 0.29) is 23.8 Å². The van der Waals surface area contributed by atoms with E-state index < -0.39 is 0 Å². The molecule has 0 saturated heterocycles. The number of nitrogens with one attached hydrogen (secondary N) is 2. The van der Waals surface area contributed by atoms with Crippen molar-refractivity contribution in [3.8, 4) is 0 Å². The molecular weight excluding hydrogens is 276 g/mol. The molecule has 2 aromatic heterocycles. The molecule has 4 N–H and O–H groups in total. The molecule has 108 valence electrons. The Labute approximate surface area is 121 Å². The van der Waals surface area contributed by atoms with Crippen molar-refractivity contribution in [2.45, 2.75) is 32.9 Å². The van der Waals surface area contributed by atoms with Gasteiger partial charge in [-0.1, -0.05) is 11.3 Å². The maximum atomic E-state index is 12.2. The van der Waals surface area contributed by atoms with Crippen LogP contribution in [0.2, 0.25) is 0 Å². The summed E-state index contributed by atoms with van der Waals surface area (Å²) in [5, 5.41) is 6.61. The van der Waals surface area contributed by atoms with Crippen LogP contribution in [-0.4, -0.2) is 16.9 Å². The first-order valence-electron chi connectivity index (χ1n) is 6.34. The van der Waals surface area contributed by atoms with E-state index in [4.69, 9.17) is 10.2 Å². The van der Waals surface area contributed by atoms with Gasteiger partial charge in [-0.3, -0.25) is 4.79 Å². The first-order chi connectivity index (χ1) is 9.47. The second-order valence-corrected chi connectivity index (χ2v) is 5.74. The molecule has 20 heavy (non-hydrogen) atoms. The highest BCUT2D eigenvalue weighted by molar-refractivity contribution is 7.18. The minimum atomic E-state index is -0.249. The molecule has 1 unspecified atom stereocenters. The van der Waals surface area contributed by atoms with Crippen LogP contribution in [0.15, 0.2) is 22.8 Å². The first kappa shape index (κ1) is 14.4. The monoisotopic (exact) mass is 294 g/mol. The van der Waals surface area contributed by atoms with Crippen molar-refractivity contribution in [2.24, 2.45) is 0 Å². The van der Waals surface area contributed by atoms with Gasteiger partial charge in [0.2, 0.25) is 0 Å². The maximum Gasteiger partial charge on any atom is 0.265 e. The van der Waals surface area contributed by atoms with Gasteiger partial charge in [-0.2, -0.15) is 0 Å². The zero-order chi connectivity index (χ0) is 14.7. The van der Waals surface area contributed by atoms with Gasteiger partial charge >= 0.3 is 0 Å². The molecule has 2 rings (SSSR count). The SMILES string of the molecule is CC(C)Nc1nc(N)c(C(=O)NC(C)c2ccco2)s1. The van der Waals surface area contributed by atoms with E-state index in [2.05, 4.69) is 15.6 Å². The Morgan fingerprint density at radius 2 is 2.20 bits per heavy atom. The summed E-state index contributed by atoms with van der Waals surface area (Å²) in [7, 11) is 0. The van der Waals surface area contributed by atoms with Crippen LogP contribution in [0.25, 0.3) is 0 Å². The van der Waals surface area contributed by atoms with Gasteiger partial charge < -0.3 is 20.8 Å². The minimum Gasteiger partial charge on any atom is -0.467 e. The fraction of sp³-hybridized carbons (Fsp3) is 0.385. The highest BCUT2D eigenvalue weighted by Crippen LogP contribution is 2.26. The Bertz CT molecular complexity index is 577. The smallest absolute Gasteiger partial charge is 0.265 e. The summed E-state index contributed by atoms with van der Waals surface area (Å²) in [5.74, 6) is 0.685. The Kier molecular flexibility index (Phi) is 4.29. The molecule has 2 heterocycles. The van der Waals surface area contributed by atoms with Crippen LogP contribution >= 0.6 is 11.3 Å². The van der Waals surface area contributed by atoms with Crippen molar-refractivity contribution in [2.75, 3.05) is 11.1 Å². The topological polar surface area (TPSA) is 93.2 Å². The predicted octanol–water partition coefficient (Wildman–Crippen LogP) is 2.63. The van der Waals surface area contributed by atoms with Gasteiger partial charge in [-0.25, -0.2) is 4.98 Å². The van der Waals surface area contributed by atoms with Gasteiger partial charge in [0.05, 0.1) is 12.3 Å². The number of carbonyl (C=O) groups is 1. The number of carbonyl (C=O) groups excluding carboxylic acids is 1. The lowest BCUT2D eigenvalue weighted by Gasteiger charge is -2.10. The summed E-state index contributed by atoms with van der Waals surface area (Å²) < 4.78 is 5.25. The van der Waals surface area contributed by atoms with Gasteiger partial charge in [-0.05, 0) is 32.9 Å². The van der Waals surface area contributed by atoms with Crippen LogP contribution < -0.4 is 16.4 Å². The Balaban J connectivity index is 2.07. The van der Waals surface area contributed by atoms with Crippen LogP contribution in [0.1, 0.15) is 42.2 Å². The number of rotatable bonds is 5. The quantitative estimate of drug-likeness (QED) is 0.788. The van der Waals surface area contributed by atoms with Crippen molar-refractivity contribution in [1.82, 2.24) is 10.3 Å². The second-order valence-electron chi connectivity index (χ2n) is 4.74. The van der Waals surface area contributed by atoms with E-state index in [9.17, 15) is 4.79 Å². The van der Waals surface area contributed by atoms with E-state index in [1.54, 1.807) is 12.3 Å². The highest BCUT2D eigenvalue weighted by Gasteiger charge is 2.19. The second kappa shape index (κ2) is 5.96. The molecule has 2 aromatic rings. The molecule has 0 fully saturated rings. The zero-order valence-corrected chi connectivity index (χ0v) is 12.5. The molecule has 0 aliphatic rings. The Morgan fingerprint density at radius 1 is 1.45 bits per heavy atom. The molecule has 7 heteroatoms. The number of nitrogens with zero attached hydrogens (tertiary/aromatic N) is 1. The fourth-order valence-electron chi connectivity index (χ4n) is 1.67. The maximum absolute atomic E-state index is 12.2. The van der Waals surface area contributed by atoms with Crippen molar-refractivity contribution in [3.63, 3.8) is 0 Å². The molecule has 6 nitrogen and oxygen atoms in total. The number of furan rings is 1. The van der Waals surface area contributed by atoms with Crippen LogP contribution in [0, 0.1) is 0 Å². The van der Waals surface area contributed by atoms with Gasteiger partial charge in [-0.15, -0.1) is 0 Å². The van der Waals surface area contributed by atoms with Crippen LogP contribution in [-0.2, 0) is 0 Å². The van der Waals surface area contributed by atoms with E-state index in [0.717, 1.165) is 0 Å². The molecule has 0 aliphatic carbocycles. The third-order valence-corrected chi connectivity index (χ3v) is 3.59. The number of nitrogen functional groups attached to an aromatic ring is 1. The molecule has 0 aromatic carbocycles. The number of nitrogens with two attached hydrogens (primary N) is 1. The lowest BCUT2D eigenvalue weighted by Crippen LogP contribution is -2.26. The van der Waals surface area contributed by atoms with E-state index in [0.29, 0.717) is 15.8 Å². The largest absolute Gasteiger partial charge is 0.467 e. The molecule has 0 aliphatic heterocycles. The van der Waals surface area contributed by atoms with Gasteiger partial charge in [0.25, 0.3) is 5.91 Å². The molecule has 1 atom stereocenters. The number of anilines is 2. The third kappa shape index (κ3) is 3.30. The molecule has 0 bridgehead atoms. The predicted molar refractivity (Wildman–Crippen MR) is 79.9 cm³/mol. The van der Waals surface area contributed by atoms with E-state index in [1.165, 1.54) is 11.3 Å². The number of thiazole rings is 1. The molecule has 1 amide bonds. The zero-order valence-electron chi connectivity index (χ0n) is 11.6. The summed E-state index contributed by atoms with van der Waals surface area (Å²) >= 11 is 1.25. The minimum absolute atomic E-state index is 0.222. The average Bonchev–Trinajstić information content (AvgIpc) is 2.97. The Hall–Kier alpha value is -2.02. The standard InChI is InChI=1S/C13H18N4O2S/c1-7(2)15-13-17-11(14)10(20-13)12(18)16-8(3)9-5-4-6-19-9/h4-8H,14H2,1-3H3,(H,15,17)(H,16,18). The third-order valence-electron chi connectivity index (χ3n) is 2.59. The van der Waals surface area contributed by atoms with Crippen LogP contribution in [0.4, 0.5) is 10.9 Å². The molecular formula is C13H18N4O2S. The highest BCUT2D eigenvalue weighted by atomic mass is 32.1. The summed E-state index contributed by atoms with van der Waals surface area (Å²) in [6.07, 6.45) is 1.57. The Morgan fingerprint density at radius 3 is 2.80 bits per heavy atom. The van der Waals surface area contributed by atoms with Gasteiger partial charge in [0.1, 0.15) is 16.5 Å². The summed E-state index contributed by atoms with van der Waals surface area (Å²) in [6.45, 7) is 5.84. The molecule has 0 radical (unpaired) electrons. The molecule has 0 saturated carbocycles. The molecule has 0 spiro atoms. The summed E-state index contributed by atoms with van der Waals surface area (Å²) in [6, 6.07) is 3.61. The lowest BCUT2D eigenvalue weighted by atomic mass is 10.2. The van der Waals surface area contributed by atoms with Crippen molar-refractivity contribution >= 4 is 28.2 Å². The number of hydrogen-bond acceptors (Lipinski definition) is 6. The van der Waals surface area contributed by atoms with Crippen molar-refractivity contribution in [1.29, 1.82) is 0 Å². The fourth-order valence-corrected chi connectivity index (χ4v) is 2.61.